The average molecular weight is 490 g/mol. The van der Waals surface area contributed by atoms with Gasteiger partial charge in [0.15, 0.2) is 0 Å². The molecule has 3 aromatic carbocycles. The lowest BCUT2D eigenvalue weighted by atomic mass is 9.89. The molecule has 0 radical (unpaired) electrons. The minimum Gasteiger partial charge on any atom is -0.493 e. The molecular weight excluding hydrogens is 462 g/mol. The highest BCUT2D eigenvalue weighted by Gasteiger charge is 2.28. The van der Waals surface area contributed by atoms with Gasteiger partial charge in [0.05, 0.1) is 18.0 Å². The monoisotopic (exact) mass is 489 g/mol. The fraction of sp³-hybridized carbons (Fsp3) is 0.200. The van der Waals surface area contributed by atoms with E-state index in [0.29, 0.717) is 18.7 Å². The van der Waals surface area contributed by atoms with Gasteiger partial charge in [0.25, 0.3) is 5.91 Å². The summed E-state index contributed by atoms with van der Waals surface area (Å²) in [5.41, 5.74) is 13.7. The lowest BCUT2D eigenvalue weighted by molar-refractivity contribution is 0.0954. The van der Waals surface area contributed by atoms with Crippen LogP contribution in [0.2, 0.25) is 0 Å². The molecule has 0 fully saturated rings. The van der Waals surface area contributed by atoms with Crippen LogP contribution >= 0.6 is 0 Å². The van der Waals surface area contributed by atoms with Crippen molar-refractivity contribution in [1.29, 1.82) is 0 Å². The first-order valence-electron chi connectivity index (χ1n) is 12.5. The summed E-state index contributed by atoms with van der Waals surface area (Å²) < 4.78 is 6.08. The Balaban J connectivity index is 1.14. The van der Waals surface area contributed by atoms with Crippen molar-refractivity contribution in [2.75, 3.05) is 18.9 Å². The number of carbonyl (C=O) groups is 1. The van der Waals surface area contributed by atoms with Gasteiger partial charge in [-0.2, -0.15) is 0 Å². The van der Waals surface area contributed by atoms with E-state index in [-0.39, 0.29) is 17.8 Å². The molecule has 0 saturated carbocycles. The quantitative estimate of drug-likeness (QED) is 0.413. The number of anilines is 1. The van der Waals surface area contributed by atoms with Gasteiger partial charge in [-0.3, -0.25) is 9.79 Å². The summed E-state index contributed by atoms with van der Waals surface area (Å²) in [7, 11) is 0. The van der Waals surface area contributed by atoms with Crippen molar-refractivity contribution in [1.82, 2.24) is 15.3 Å². The molecule has 2 aliphatic heterocycles. The normalized spacial score (nSPS) is 15.8. The van der Waals surface area contributed by atoms with Crippen molar-refractivity contribution < 1.29 is 9.53 Å². The maximum Gasteiger partial charge on any atom is 0.251 e. The van der Waals surface area contributed by atoms with E-state index in [4.69, 9.17) is 15.5 Å². The van der Waals surface area contributed by atoms with Crippen LogP contribution in [-0.2, 0) is 19.3 Å². The molecule has 2 aliphatic rings. The number of amides is 1. The fourth-order valence-corrected chi connectivity index (χ4v) is 4.95. The van der Waals surface area contributed by atoms with Crippen molar-refractivity contribution in [2.45, 2.75) is 19.3 Å². The number of nitrogens with two attached hydrogens (primary N) is 1. The molecule has 37 heavy (non-hydrogen) atoms. The Kier molecular flexibility index (Phi) is 6.10. The Bertz CT molecular complexity index is 1500. The van der Waals surface area contributed by atoms with Gasteiger partial charge in [-0.05, 0) is 59.9 Å². The molecule has 0 aliphatic carbocycles. The topological polar surface area (TPSA) is 102 Å². The van der Waals surface area contributed by atoms with Gasteiger partial charge in [-0.1, -0.05) is 42.5 Å². The Hall–Kier alpha value is -4.52. The molecular formula is C30H27N5O2. The van der Waals surface area contributed by atoms with Gasteiger partial charge in [0, 0.05) is 41.9 Å². The molecule has 3 N–H and O–H groups in total. The van der Waals surface area contributed by atoms with E-state index in [2.05, 4.69) is 45.6 Å². The van der Waals surface area contributed by atoms with Crippen LogP contribution in [-0.4, -0.2) is 34.7 Å². The minimum absolute atomic E-state index is 0.0654. The van der Waals surface area contributed by atoms with E-state index in [1.165, 1.54) is 11.1 Å². The molecule has 6 rings (SSSR count). The lowest BCUT2D eigenvalue weighted by Crippen LogP contribution is -2.29. The zero-order valence-corrected chi connectivity index (χ0v) is 20.4. The molecule has 7 heteroatoms. The summed E-state index contributed by atoms with van der Waals surface area (Å²) in [4.78, 5) is 26.0. The highest BCUT2D eigenvalue weighted by atomic mass is 16.5. The van der Waals surface area contributed by atoms with E-state index in [9.17, 15) is 4.79 Å². The molecule has 184 valence electrons. The summed E-state index contributed by atoms with van der Waals surface area (Å²) in [5.74, 6) is 1.19. The number of aromatic nitrogens is 2. The van der Waals surface area contributed by atoms with Gasteiger partial charge >= 0.3 is 0 Å². The zero-order valence-electron chi connectivity index (χ0n) is 20.4. The van der Waals surface area contributed by atoms with E-state index in [1.807, 2.05) is 42.5 Å². The zero-order chi connectivity index (χ0) is 25.2. The number of fused-ring (bicyclic) bond motifs is 2. The van der Waals surface area contributed by atoms with Gasteiger partial charge in [0.2, 0.25) is 5.95 Å². The van der Waals surface area contributed by atoms with E-state index in [0.717, 1.165) is 53.2 Å². The van der Waals surface area contributed by atoms with Gasteiger partial charge in [0.1, 0.15) is 5.75 Å². The summed E-state index contributed by atoms with van der Waals surface area (Å²) in [5, 5.41) is 3.03. The first-order valence-corrected chi connectivity index (χ1v) is 12.5. The third-order valence-electron chi connectivity index (χ3n) is 6.93. The highest BCUT2D eigenvalue weighted by molar-refractivity contribution is 5.97. The molecule has 0 bridgehead atoms. The summed E-state index contributed by atoms with van der Waals surface area (Å²) >= 11 is 0. The first kappa shape index (κ1) is 22.9. The summed E-state index contributed by atoms with van der Waals surface area (Å²) in [6, 6.07) is 23.9. The number of benzene rings is 3. The smallest absolute Gasteiger partial charge is 0.251 e. The fourth-order valence-electron chi connectivity index (χ4n) is 4.95. The minimum atomic E-state index is -0.0654. The second-order valence-electron chi connectivity index (χ2n) is 9.45. The first-order chi connectivity index (χ1) is 18.1. The van der Waals surface area contributed by atoms with E-state index in [1.54, 1.807) is 6.20 Å². The number of nitrogens with one attached hydrogen (secondary N) is 1. The molecule has 1 unspecified atom stereocenters. The maximum absolute atomic E-state index is 12.8. The lowest BCUT2D eigenvalue weighted by Gasteiger charge is -2.26. The number of carbonyl (C=O) groups excluding carboxylic acids is 1. The number of hydrogen-bond acceptors (Lipinski definition) is 6. The van der Waals surface area contributed by atoms with Crippen LogP contribution < -0.4 is 15.8 Å². The standard InChI is InChI=1S/C30H27N5O2/c31-30-33-13-11-25(35-30)20-6-7-21-17-27(34-26(21)16-20)24-15-23-14-22(8-9-28(23)37-18-24)29(36)32-12-10-19-4-2-1-3-5-19/h1-9,11,13-14,16,24H,10,12,15,17-18H2,(H,32,36)(H2,31,33,35). The largest absolute Gasteiger partial charge is 0.493 e. The Morgan fingerprint density at radius 3 is 2.78 bits per heavy atom. The van der Waals surface area contributed by atoms with E-state index >= 15 is 0 Å². The predicted octanol–water partition coefficient (Wildman–Crippen LogP) is 4.58. The van der Waals surface area contributed by atoms with Crippen LogP contribution in [0.25, 0.3) is 11.3 Å². The van der Waals surface area contributed by atoms with Crippen molar-refractivity contribution in [2.24, 2.45) is 10.9 Å². The molecule has 4 aromatic rings. The van der Waals surface area contributed by atoms with Crippen LogP contribution in [0.4, 0.5) is 11.6 Å². The third kappa shape index (κ3) is 4.93. The number of aliphatic imine (C=N–C) groups is 1. The number of nitrogen functional groups attached to an aromatic ring is 1. The van der Waals surface area contributed by atoms with Crippen LogP contribution in [0.5, 0.6) is 5.75 Å². The molecule has 0 spiro atoms. The summed E-state index contributed by atoms with van der Waals surface area (Å²) in [6.45, 7) is 1.18. The molecule has 1 amide bonds. The second kappa shape index (κ2) is 9.85. The molecule has 7 nitrogen and oxygen atoms in total. The number of rotatable bonds is 6. The third-order valence-corrected chi connectivity index (χ3v) is 6.93. The van der Waals surface area contributed by atoms with Crippen LogP contribution in [0.15, 0.2) is 84.0 Å². The van der Waals surface area contributed by atoms with Gasteiger partial charge in [-0.25, -0.2) is 9.97 Å². The SMILES string of the molecule is Nc1nccc(-c2ccc3c(c2)N=C(C2COc4ccc(C(=O)NCCc5ccccc5)cc4C2)C3)n1. The molecule has 1 aromatic heterocycles. The van der Waals surface area contributed by atoms with Crippen LogP contribution in [0.1, 0.15) is 27.0 Å². The van der Waals surface area contributed by atoms with Gasteiger partial charge < -0.3 is 15.8 Å². The Morgan fingerprint density at radius 2 is 1.92 bits per heavy atom. The number of ether oxygens (including phenoxy) is 1. The predicted molar refractivity (Wildman–Crippen MR) is 144 cm³/mol. The van der Waals surface area contributed by atoms with Crippen molar-refractivity contribution in [3.8, 4) is 17.0 Å². The van der Waals surface area contributed by atoms with Crippen molar-refractivity contribution in [3.63, 3.8) is 0 Å². The van der Waals surface area contributed by atoms with Crippen LogP contribution in [0, 0.1) is 5.92 Å². The Morgan fingerprint density at radius 1 is 1.03 bits per heavy atom. The van der Waals surface area contributed by atoms with Crippen LogP contribution in [0.3, 0.4) is 0 Å². The maximum atomic E-state index is 12.8. The summed E-state index contributed by atoms with van der Waals surface area (Å²) in [6.07, 6.45) is 4.05. The highest BCUT2D eigenvalue weighted by Crippen LogP contribution is 2.36. The van der Waals surface area contributed by atoms with E-state index < -0.39 is 0 Å². The Labute approximate surface area is 215 Å². The average Bonchev–Trinajstić information content (AvgIpc) is 3.36. The van der Waals surface area contributed by atoms with Crippen molar-refractivity contribution >= 4 is 23.3 Å². The van der Waals surface area contributed by atoms with Gasteiger partial charge in [-0.15, -0.1) is 0 Å². The molecule has 3 heterocycles. The number of nitrogens with zero attached hydrogens (tertiary/aromatic N) is 3. The molecule has 0 saturated heterocycles. The van der Waals surface area contributed by atoms with Crippen molar-refractivity contribution in [3.05, 3.63) is 101 Å². The number of hydrogen-bond donors (Lipinski definition) is 2. The second-order valence-corrected chi connectivity index (χ2v) is 9.45. The molecule has 1 atom stereocenters.